The molecule has 0 amide bonds. The molecule has 1 unspecified atom stereocenters. The summed E-state index contributed by atoms with van der Waals surface area (Å²) in [7, 11) is -0.232. The van der Waals surface area contributed by atoms with Gasteiger partial charge in [-0.3, -0.25) is 9.40 Å². The van der Waals surface area contributed by atoms with E-state index in [1.54, 1.807) is 18.6 Å². The number of nitrogens with one attached hydrogen (secondary N) is 2. The van der Waals surface area contributed by atoms with E-state index in [-0.39, 0.29) is 29.2 Å². The van der Waals surface area contributed by atoms with Gasteiger partial charge in [0.15, 0.2) is 5.82 Å². The summed E-state index contributed by atoms with van der Waals surface area (Å²) in [5.41, 5.74) is 0.383. The maximum absolute atomic E-state index is 12.7. The van der Waals surface area contributed by atoms with Gasteiger partial charge in [-0.1, -0.05) is 5.16 Å². The first kappa shape index (κ1) is 20.4. The molecule has 0 aliphatic rings. The molecule has 2 N–H and O–H groups in total. The predicted molar refractivity (Wildman–Crippen MR) is 101 cm³/mol. The van der Waals surface area contributed by atoms with Crippen LogP contribution < -0.4 is 10.0 Å². The van der Waals surface area contributed by atoms with E-state index in [0.29, 0.717) is 22.8 Å². The zero-order valence-corrected chi connectivity index (χ0v) is 16.8. The monoisotopic (exact) mass is 418 g/mol. The van der Waals surface area contributed by atoms with Crippen molar-refractivity contribution < 1.29 is 12.9 Å². The summed E-state index contributed by atoms with van der Waals surface area (Å²) < 4.78 is 34.6. The van der Waals surface area contributed by atoms with Crippen LogP contribution in [0.3, 0.4) is 0 Å². The van der Waals surface area contributed by atoms with E-state index in [0.717, 1.165) is 0 Å². The van der Waals surface area contributed by atoms with Crippen LogP contribution in [0.25, 0.3) is 10.8 Å². The highest BCUT2D eigenvalue weighted by Gasteiger charge is 2.25. The van der Waals surface area contributed by atoms with Crippen molar-refractivity contribution in [3.8, 4) is 10.8 Å². The molecular formula is C14H19ClN6O3S2. The van der Waals surface area contributed by atoms with Crippen LogP contribution in [-0.4, -0.2) is 41.4 Å². The van der Waals surface area contributed by atoms with Gasteiger partial charge in [0.2, 0.25) is 0 Å². The van der Waals surface area contributed by atoms with Gasteiger partial charge in [0.25, 0.3) is 15.9 Å². The highest BCUT2D eigenvalue weighted by molar-refractivity contribution is 7.93. The average molecular weight is 419 g/mol. The van der Waals surface area contributed by atoms with E-state index in [2.05, 4.69) is 25.3 Å². The largest absolute Gasteiger partial charge is 0.333 e. The van der Waals surface area contributed by atoms with E-state index < -0.39 is 10.0 Å². The van der Waals surface area contributed by atoms with Gasteiger partial charge in [0, 0.05) is 25.7 Å². The Morgan fingerprint density at radius 1 is 1.42 bits per heavy atom. The number of thiophene rings is 1. The van der Waals surface area contributed by atoms with Gasteiger partial charge in [0.05, 0.1) is 11.9 Å². The van der Waals surface area contributed by atoms with Crippen LogP contribution in [-0.2, 0) is 23.5 Å². The van der Waals surface area contributed by atoms with E-state index in [9.17, 15) is 8.42 Å². The fraction of sp³-hybridized carbons (Fsp3) is 0.357. The first-order valence-corrected chi connectivity index (χ1v) is 9.84. The molecule has 0 saturated heterocycles. The molecule has 0 saturated carbocycles. The standard InChI is InChI=1S/C14H18N6O3S2.ClH/c1-9(15-2)6-12-17-14(23-18-12)13-11(4-5-24-13)25(21,22)19-10-7-16-20(3)8-10;/h4-5,7-9,15,19H,6H2,1-3H3;1H. The maximum atomic E-state index is 12.7. The highest BCUT2D eigenvalue weighted by Crippen LogP contribution is 2.32. The minimum absolute atomic E-state index is 0. The van der Waals surface area contributed by atoms with Gasteiger partial charge in [-0.2, -0.15) is 10.1 Å². The van der Waals surface area contributed by atoms with Crippen molar-refractivity contribution in [2.45, 2.75) is 24.3 Å². The molecule has 3 heterocycles. The Kier molecular flexibility index (Phi) is 6.39. The molecule has 3 rings (SSSR count). The zero-order chi connectivity index (χ0) is 18.0. The number of rotatable bonds is 7. The third-order valence-electron chi connectivity index (χ3n) is 3.52. The molecule has 142 valence electrons. The topological polar surface area (TPSA) is 115 Å². The molecule has 0 spiro atoms. The van der Waals surface area contributed by atoms with Crippen LogP contribution in [0.1, 0.15) is 12.7 Å². The molecule has 0 bridgehead atoms. The molecule has 3 aromatic heterocycles. The van der Waals surface area contributed by atoms with Crippen molar-refractivity contribution in [3.05, 3.63) is 29.7 Å². The molecule has 26 heavy (non-hydrogen) atoms. The number of aryl methyl sites for hydroxylation is 1. The second-order valence-corrected chi connectivity index (χ2v) is 8.10. The molecule has 12 heteroatoms. The van der Waals surface area contributed by atoms with Crippen molar-refractivity contribution in [1.82, 2.24) is 25.2 Å². The fourth-order valence-electron chi connectivity index (χ4n) is 2.15. The highest BCUT2D eigenvalue weighted by atomic mass is 35.5. The lowest BCUT2D eigenvalue weighted by atomic mass is 10.2. The van der Waals surface area contributed by atoms with Crippen molar-refractivity contribution in [2.75, 3.05) is 11.8 Å². The molecular weight excluding hydrogens is 400 g/mol. The Bertz CT molecular complexity index is 965. The summed E-state index contributed by atoms with van der Waals surface area (Å²) in [5, 5.41) is 12.6. The Morgan fingerprint density at radius 3 is 2.85 bits per heavy atom. The Hall–Kier alpha value is -1.95. The normalized spacial score (nSPS) is 12.6. The van der Waals surface area contributed by atoms with E-state index in [4.69, 9.17) is 4.52 Å². The lowest BCUT2D eigenvalue weighted by Crippen LogP contribution is -2.24. The Balaban J connectivity index is 0.00000243. The van der Waals surface area contributed by atoms with Crippen LogP contribution in [0.5, 0.6) is 0 Å². The van der Waals surface area contributed by atoms with E-state index in [1.807, 2.05) is 14.0 Å². The van der Waals surface area contributed by atoms with Gasteiger partial charge in [-0.05, 0) is 25.4 Å². The van der Waals surface area contributed by atoms with E-state index in [1.165, 1.54) is 28.3 Å². The van der Waals surface area contributed by atoms with Gasteiger partial charge >= 0.3 is 0 Å². The summed E-state index contributed by atoms with van der Waals surface area (Å²) in [5.74, 6) is 0.716. The zero-order valence-electron chi connectivity index (χ0n) is 14.3. The molecule has 3 aromatic rings. The maximum Gasteiger partial charge on any atom is 0.269 e. The van der Waals surface area contributed by atoms with Crippen LogP contribution in [0.15, 0.2) is 33.3 Å². The first-order valence-electron chi connectivity index (χ1n) is 7.48. The molecule has 0 radical (unpaired) electrons. The van der Waals surface area contributed by atoms with Gasteiger partial charge < -0.3 is 9.84 Å². The molecule has 9 nitrogen and oxygen atoms in total. The quantitative estimate of drug-likeness (QED) is 0.602. The van der Waals surface area contributed by atoms with Crippen molar-refractivity contribution in [2.24, 2.45) is 7.05 Å². The first-order chi connectivity index (χ1) is 11.9. The summed E-state index contributed by atoms with van der Waals surface area (Å²) in [6.45, 7) is 1.99. The number of likely N-dealkylation sites (N-methyl/N-ethyl adjacent to an activating group) is 1. The second-order valence-electron chi connectivity index (χ2n) is 5.53. The van der Waals surface area contributed by atoms with Gasteiger partial charge in [-0.15, -0.1) is 23.7 Å². The SMILES string of the molecule is CNC(C)Cc1noc(-c2sccc2S(=O)(=O)Nc2cnn(C)c2)n1.Cl. The van der Waals surface area contributed by atoms with Crippen molar-refractivity contribution in [3.63, 3.8) is 0 Å². The number of anilines is 1. The molecule has 1 atom stereocenters. The predicted octanol–water partition coefficient (Wildman–Crippen LogP) is 1.90. The summed E-state index contributed by atoms with van der Waals surface area (Å²) in [4.78, 5) is 4.81. The summed E-state index contributed by atoms with van der Waals surface area (Å²) in [6, 6.07) is 1.70. The minimum Gasteiger partial charge on any atom is -0.333 e. The summed E-state index contributed by atoms with van der Waals surface area (Å²) in [6.07, 6.45) is 3.60. The third-order valence-corrected chi connectivity index (χ3v) is 5.97. The lowest BCUT2D eigenvalue weighted by Gasteiger charge is -2.05. The molecule has 0 aliphatic heterocycles. The minimum atomic E-state index is -3.79. The number of hydrogen-bond donors (Lipinski definition) is 2. The third kappa shape index (κ3) is 4.41. The van der Waals surface area contributed by atoms with E-state index >= 15 is 0 Å². The molecule has 0 fully saturated rings. The number of nitrogens with zero attached hydrogens (tertiary/aromatic N) is 4. The summed E-state index contributed by atoms with van der Waals surface area (Å²) >= 11 is 1.23. The van der Waals surface area contributed by atoms with Gasteiger partial charge in [-0.25, -0.2) is 8.42 Å². The number of hydrogen-bond acceptors (Lipinski definition) is 8. The van der Waals surface area contributed by atoms with Crippen LogP contribution in [0.4, 0.5) is 5.69 Å². The number of aromatic nitrogens is 4. The Labute approximate surface area is 161 Å². The molecule has 0 aromatic carbocycles. The smallest absolute Gasteiger partial charge is 0.269 e. The van der Waals surface area contributed by atoms with Crippen LogP contribution in [0, 0.1) is 0 Å². The van der Waals surface area contributed by atoms with Crippen LogP contribution >= 0.6 is 23.7 Å². The Morgan fingerprint density at radius 2 is 2.19 bits per heavy atom. The van der Waals surface area contributed by atoms with Crippen LogP contribution in [0.2, 0.25) is 0 Å². The second kappa shape index (κ2) is 8.16. The number of halogens is 1. The lowest BCUT2D eigenvalue weighted by molar-refractivity contribution is 0.418. The number of sulfonamides is 1. The molecule has 0 aliphatic carbocycles. The average Bonchev–Trinajstić information content (AvgIpc) is 3.27. The van der Waals surface area contributed by atoms with Crippen molar-refractivity contribution in [1.29, 1.82) is 0 Å². The van der Waals surface area contributed by atoms with Crippen molar-refractivity contribution >= 4 is 39.5 Å². The fourth-order valence-corrected chi connectivity index (χ4v) is 4.53. The van der Waals surface area contributed by atoms with Gasteiger partial charge in [0.1, 0.15) is 9.77 Å².